The van der Waals surface area contributed by atoms with Crippen molar-refractivity contribution in [3.63, 3.8) is 0 Å². The number of hydrogen-bond acceptors (Lipinski definition) is 8. The molecule has 2 bridgehead atoms. The van der Waals surface area contributed by atoms with E-state index < -0.39 is 76.5 Å². The van der Waals surface area contributed by atoms with E-state index in [1.165, 1.54) is 17.0 Å². The maximum absolute atomic E-state index is 15.0. The molecule has 5 aliphatic heterocycles. The van der Waals surface area contributed by atoms with Crippen LogP contribution >= 0.6 is 0 Å². The fraction of sp³-hybridized carbons (Fsp3) is 0.441. The Bertz CT molecular complexity index is 2220. The molecule has 4 atom stereocenters. The number of ether oxygens (including phenoxy) is 1. The van der Waals surface area contributed by atoms with E-state index in [0.29, 0.717) is 24.1 Å². The first-order valence-corrected chi connectivity index (χ1v) is 15.6. The van der Waals surface area contributed by atoms with Crippen molar-refractivity contribution < 1.29 is 35.9 Å². The number of fused-ring (bicyclic) bond motifs is 6. The van der Waals surface area contributed by atoms with Gasteiger partial charge in [0.05, 0.1) is 23.5 Å². The molecule has 0 spiro atoms. The zero-order chi connectivity index (χ0) is 36.2. The number of phenolic OH excluding ortho intramolecular Hbond substituents is 1. The van der Waals surface area contributed by atoms with Crippen molar-refractivity contribution in [2.24, 2.45) is 0 Å². The second-order valence-corrected chi connectivity index (χ2v) is 12.8. The highest BCUT2D eigenvalue weighted by molar-refractivity contribution is 5.97. The standard InChI is InChI=1S/C34H31F5N6O3/c1-2-23-25(36)7-4-18-10-22(46)11-26(28(18)23)45-27(34(37,38)39)12-24-29(31(45)47)41-32(42-30(24)44-16-20-5-6-21(44)14-40-20)48-17-33-8-3-9-43(33)15-19(35)13-33/h1,4,7,10-12,19-21,40,46H,3,5-6,8-9,13-17H2/t19-,20?,21?,33+/m1/s1/i9D2,19D. The highest BCUT2D eigenvalue weighted by atomic mass is 19.4. The fourth-order valence-electron chi connectivity index (χ4n) is 7.69. The number of pyridine rings is 1. The molecule has 0 saturated carbocycles. The van der Waals surface area contributed by atoms with Gasteiger partial charge in [0, 0.05) is 52.3 Å². The van der Waals surface area contributed by atoms with Gasteiger partial charge in [-0.25, -0.2) is 8.78 Å². The van der Waals surface area contributed by atoms with Gasteiger partial charge >= 0.3 is 12.2 Å². The van der Waals surface area contributed by atoms with Crippen LogP contribution in [0.2, 0.25) is 0 Å². The molecular weight excluding hydrogens is 635 g/mol. The molecule has 0 radical (unpaired) electrons. The molecule has 48 heavy (non-hydrogen) atoms. The minimum Gasteiger partial charge on any atom is -0.508 e. The second-order valence-electron chi connectivity index (χ2n) is 12.8. The second kappa shape index (κ2) is 11.0. The van der Waals surface area contributed by atoms with E-state index in [2.05, 4.69) is 21.2 Å². The Morgan fingerprint density at radius 1 is 1.23 bits per heavy atom. The van der Waals surface area contributed by atoms with E-state index >= 15 is 17.6 Å². The van der Waals surface area contributed by atoms with Crippen molar-refractivity contribution in [1.29, 1.82) is 0 Å². The predicted molar refractivity (Wildman–Crippen MR) is 168 cm³/mol. The molecule has 5 saturated heterocycles. The number of terminal acetylenes is 1. The van der Waals surface area contributed by atoms with Gasteiger partial charge in [0.1, 0.15) is 41.3 Å². The molecule has 250 valence electrons. The van der Waals surface area contributed by atoms with Gasteiger partial charge in [-0.05, 0) is 55.8 Å². The Hall–Kier alpha value is -4.48. The van der Waals surface area contributed by atoms with E-state index in [9.17, 15) is 14.3 Å². The average molecular weight is 670 g/mol. The van der Waals surface area contributed by atoms with Gasteiger partial charge in [-0.2, -0.15) is 23.1 Å². The summed E-state index contributed by atoms with van der Waals surface area (Å²) >= 11 is 0. The predicted octanol–water partition coefficient (Wildman–Crippen LogP) is 4.67. The lowest BCUT2D eigenvalue weighted by Crippen LogP contribution is -2.61. The van der Waals surface area contributed by atoms with E-state index in [0.717, 1.165) is 24.6 Å². The zero-order valence-electron chi connectivity index (χ0n) is 28.4. The summed E-state index contributed by atoms with van der Waals surface area (Å²) in [5.41, 5.74) is -5.37. The Kier molecular flexibility index (Phi) is 6.31. The number of rotatable bonds is 5. The highest BCUT2D eigenvalue weighted by Gasteiger charge is 2.49. The summed E-state index contributed by atoms with van der Waals surface area (Å²) in [6.45, 7) is -1.87. The smallest absolute Gasteiger partial charge is 0.431 e. The van der Waals surface area contributed by atoms with Crippen molar-refractivity contribution in [3.8, 4) is 29.8 Å². The van der Waals surface area contributed by atoms with Crippen LogP contribution in [0.3, 0.4) is 0 Å². The van der Waals surface area contributed by atoms with Gasteiger partial charge in [-0.1, -0.05) is 12.0 Å². The Labute approximate surface area is 275 Å². The largest absolute Gasteiger partial charge is 0.508 e. The number of nitrogens with one attached hydrogen (secondary N) is 1. The first-order valence-electron chi connectivity index (χ1n) is 17.1. The number of piperidine rings is 2. The molecule has 2 aromatic heterocycles. The molecule has 5 aliphatic rings. The van der Waals surface area contributed by atoms with Crippen LogP contribution in [-0.2, 0) is 6.18 Å². The van der Waals surface area contributed by atoms with E-state index in [-0.39, 0.29) is 59.9 Å². The van der Waals surface area contributed by atoms with Crippen LogP contribution in [0.25, 0.3) is 27.4 Å². The lowest BCUT2D eigenvalue weighted by Gasteiger charge is -2.46. The van der Waals surface area contributed by atoms with Crippen molar-refractivity contribution in [3.05, 3.63) is 57.8 Å². The van der Waals surface area contributed by atoms with E-state index in [1.54, 1.807) is 0 Å². The third-order valence-corrected chi connectivity index (χ3v) is 9.95. The molecule has 0 aliphatic carbocycles. The van der Waals surface area contributed by atoms with Crippen LogP contribution in [0.15, 0.2) is 35.1 Å². The molecule has 4 aromatic rings. The topological polar surface area (TPSA) is 95.8 Å². The minimum absolute atomic E-state index is 0.00367. The summed E-state index contributed by atoms with van der Waals surface area (Å²) in [5, 5.41) is 13.6. The first-order chi connectivity index (χ1) is 24.0. The number of halogens is 5. The number of benzene rings is 2. The number of phenols is 1. The summed E-state index contributed by atoms with van der Waals surface area (Å²) in [6, 6.07) is 4.47. The number of anilines is 1. The Balaban J connectivity index is 1.36. The summed E-state index contributed by atoms with van der Waals surface area (Å²) in [7, 11) is 0. The maximum atomic E-state index is 15.0. The molecule has 14 heteroatoms. The van der Waals surface area contributed by atoms with Crippen molar-refractivity contribution >= 4 is 27.5 Å². The van der Waals surface area contributed by atoms with Gasteiger partial charge in [0.15, 0.2) is 0 Å². The van der Waals surface area contributed by atoms with Gasteiger partial charge in [-0.15, -0.1) is 6.42 Å². The summed E-state index contributed by atoms with van der Waals surface area (Å²) in [6.07, 6.45) is -0.622. The molecule has 5 fully saturated rings. The van der Waals surface area contributed by atoms with Crippen LogP contribution in [0.1, 0.15) is 47.5 Å². The van der Waals surface area contributed by atoms with Crippen LogP contribution in [0.5, 0.6) is 11.8 Å². The quantitative estimate of drug-likeness (QED) is 0.234. The third-order valence-electron chi connectivity index (χ3n) is 9.95. The maximum Gasteiger partial charge on any atom is 0.431 e. The van der Waals surface area contributed by atoms with Crippen LogP contribution in [0.4, 0.5) is 27.8 Å². The monoisotopic (exact) mass is 669 g/mol. The lowest BCUT2D eigenvalue weighted by molar-refractivity contribution is -0.142. The van der Waals surface area contributed by atoms with Crippen molar-refractivity contribution in [2.45, 2.75) is 62.1 Å². The zero-order valence-corrected chi connectivity index (χ0v) is 25.4. The van der Waals surface area contributed by atoms with Crippen molar-refractivity contribution in [1.82, 2.24) is 24.8 Å². The number of aromatic hydroxyl groups is 1. The Morgan fingerprint density at radius 2 is 2.06 bits per heavy atom. The molecule has 9 nitrogen and oxygen atoms in total. The number of alkyl halides is 4. The number of aromatic nitrogens is 3. The molecule has 2 unspecified atom stereocenters. The van der Waals surface area contributed by atoms with Crippen LogP contribution < -0.4 is 20.5 Å². The first kappa shape index (κ1) is 27.5. The number of nitrogens with zero attached hydrogens (tertiary/aromatic N) is 5. The van der Waals surface area contributed by atoms with E-state index in [4.69, 9.17) is 15.3 Å². The van der Waals surface area contributed by atoms with Crippen LogP contribution in [-0.4, -0.2) is 81.0 Å². The van der Waals surface area contributed by atoms with Gasteiger partial charge < -0.3 is 20.1 Å². The molecule has 9 rings (SSSR count). The Morgan fingerprint density at radius 3 is 2.77 bits per heavy atom. The SMILES string of the molecule is [2H]C1([2H])CC[C@@]2(COc3nc(N4CC5CCC4CN5)c4cc(C(F)(F)F)n(-c5cc(O)cc6ccc(F)c(C#C)c56)c(=O)c4n3)C[C@@]([2H])(F)CN12. The van der Waals surface area contributed by atoms with Gasteiger partial charge in [0.25, 0.3) is 5.56 Å². The van der Waals surface area contributed by atoms with E-state index in [1.807, 2.05) is 4.90 Å². The van der Waals surface area contributed by atoms with Crippen LogP contribution in [0, 0.1) is 18.2 Å². The highest BCUT2D eigenvalue weighted by Crippen LogP contribution is 2.42. The number of hydrogen-bond donors (Lipinski definition) is 2. The lowest BCUT2D eigenvalue weighted by atomic mass is 9.93. The molecular formula is C34H31F5N6O3. The fourth-order valence-corrected chi connectivity index (χ4v) is 7.69. The number of piperazine rings is 1. The van der Waals surface area contributed by atoms with Crippen molar-refractivity contribution in [2.75, 3.05) is 37.6 Å². The van der Waals surface area contributed by atoms with Gasteiger partial charge in [0.2, 0.25) is 0 Å². The molecule has 2 aromatic carbocycles. The normalized spacial score (nSPS) is 29.1. The molecule has 7 heterocycles. The summed E-state index contributed by atoms with van der Waals surface area (Å²) in [4.78, 5) is 26.4. The van der Waals surface area contributed by atoms with Gasteiger partial charge in [-0.3, -0.25) is 14.3 Å². The third kappa shape index (κ3) is 4.85. The molecule has 2 N–H and O–H groups in total. The summed E-state index contributed by atoms with van der Waals surface area (Å²) < 4.78 is 106. The molecule has 0 amide bonds. The average Bonchev–Trinajstić information content (AvgIpc) is 3.50. The minimum atomic E-state index is -5.15. The summed E-state index contributed by atoms with van der Waals surface area (Å²) in [5.74, 6) is 0.735.